The number of ether oxygens (including phenoxy) is 20. The van der Waals surface area contributed by atoms with Crippen LogP contribution in [0.5, 0.6) is 0 Å². The van der Waals surface area contributed by atoms with E-state index >= 15 is 0 Å². The van der Waals surface area contributed by atoms with E-state index in [1.54, 1.807) is 104 Å². The van der Waals surface area contributed by atoms with Gasteiger partial charge in [-0.1, -0.05) is 33.6 Å². The van der Waals surface area contributed by atoms with Crippen LogP contribution in [-0.4, -0.2) is 246 Å². The minimum atomic E-state index is -1.12. The maximum atomic E-state index is 13.1. The van der Waals surface area contributed by atoms with Crippen LogP contribution in [0.1, 0.15) is 123 Å². The van der Waals surface area contributed by atoms with Gasteiger partial charge in [0.1, 0.15) is 53.2 Å². The fraction of sp³-hybridized carbons (Fsp3) is 0.791. The summed E-state index contributed by atoms with van der Waals surface area (Å²) >= 11 is 0. The number of methoxy groups -OCH3 is 3. The normalized spacial score (nSPS) is 12.9. The summed E-state index contributed by atoms with van der Waals surface area (Å²) < 4.78 is 105. The third-order valence-electron chi connectivity index (χ3n) is 13.1. The lowest BCUT2D eigenvalue weighted by Gasteiger charge is -2.34. The maximum Gasteiger partial charge on any atom is 0.333 e. The summed E-state index contributed by atoms with van der Waals surface area (Å²) in [5.41, 5.74) is -2.74. The Kier molecular flexibility index (Phi) is 53.4. The third-order valence-corrected chi connectivity index (χ3v) is 13.1. The average Bonchev–Trinajstić information content (AvgIpc) is 0.901. The molecule has 94 heavy (non-hydrogen) atoms. The number of rotatable bonds is 56. The molecule has 0 aliphatic rings. The molecule has 0 N–H and O–H groups in total. The fourth-order valence-electron chi connectivity index (χ4n) is 7.57. The van der Waals surface area contributed by atoms with Gasteiger partial charge in [-0.3, -0.25) is 19.2 Å². The molecule has 0 aliphatic heterocycles. The van der Waals surface area contributed by atoms with Crippen LogP contribution < -0.4 is 0 Å². The zero-order valence-corrected chi connectivity index (χ0v) is 60.1. The van der Waals surface area contributed by atoms with Gasteiger partial charge in [0.2, 0.25) is 0 Å². The van der Waals surface area contributed by atoms with E-state index in [1.807, 2.05) is 13.8 Å². The molecule has 0 aromatic heterocycles. The number of esters is 7. The van der Waals surface area contributed by atoms with E-state index in [0.29, 0.717) is 115 Å². The van der Waals surface area contributed by atoms with Crippen molar-refractivity contribution in [1.29, 1.82) is 0 Å². The predicted molar refractivity (Wildman–Crippen MR) is 347 cm³/mol. The summed E-state index contributed by atoms with van der Waals surface area (Å²) in [6.45, 7) is 45.5. The van der Waals surface area contributed by atoms with Crippen molar-refractivity contribution in [2.45, 2.75) is 134 Å². The van der Waals surface area contributed by atoms with Gasteiger partial charge in [-0.15, -0.1) is 0 Å². The first-order valence-corrected chi connectivity index (χ1v) is 31.6. The van der Waals surface area contributed by atoms with E-state index in [2.05, 4.69) is 26.7 Å². The van der Waals surface area contributed by atoms with Gasteiger partial charge in [0, 0.05) is 45.0 Å². The summed E-state index contributed by atoms with van der Waals surface area (Å²) in [6.07, 6.45) is 1.37. The molecule has 0 saturated carbocycles. The zero-order valence-electron chi connectivity index (χ0n) is 60.1. The van der Waals surface area contributed by atoms with Crippen molar-refractivity contribution >= 4 is 41.8 Å². The Morgan fingerprint density at radius 2 is 0.521 bits per heavy atom. The SMILES string of the molecule is C=C(C)C(=O)OCCOC([CH2+])(C)OCCOC(=O)C(=C)C.C=C(C)C(=O)OCCOCCOCCOC.CCC(C)(CC(C)(C)C(=O)OCCOC(C)(C)OCCOC(=O)C(C)(C)CC(C)(CC)C(=O)OCCOCCOCCOC)C(=O)OCCOCCOCCOC. The van der Waals surface area contributed by atoms with E-state index in [1.165, 1.54) is 0 Å². The highest BCUT2D eigenvalue weighted by Gasteiger charge is 2.44. The monoisotopic (exact) mass is 1360 g/mol. The Labute approximate surface area is 560 Å². The van der Waals surface area contributed by atoms with Crippen LogP contribution in [0, 0.1) is 28.6 Å². The lowest BCUT2D eigenvalue weighted by Crippen LogP contribution is -2.39. The van der Waals surface area contributed by atoms with Crippen molar-refractivity contribution in [2.75, 3.05) is 193 Å². The summed E-state index contributed by atoms with van der Waals surface area (Å²) in [5.74, 6) is -5.28. The van der Waals surface area contributed by atoms with Crippen LogP contribution in [0.2, 0.25) is 0 Å². The second kappa shape index (κ2) is 53.9. The third kappa shape index (κ3) is 49.4. The van der Waals surface area contributed by atoms with Gasteiger partial charge in [0.25, 0.3) is 0 Å². The van der Waals surface area contributed by atoms with E-state index in [-0.39, 0.29) is 105 Å². The summed E-state index contributed by atoms with van der Waals surface area (Å²) in [7, 11) is 4.83. The molecule has 0 aromatic carbocycles. The minimum absolute atomic E-state index is 0.0338. The van der Waals surface area contributed by atoms with Crippen LogP contribution in [0.3, 0.4) is 0 Å². The van der Waals surface area contributed by atoms with Crippen LogP contribution >= 0.6 is 0 Å². The topological polar surface area (TPSA) is 304 Å². The molecular weight excluding hydrogens is 1240 g/mol. The van der Waals surface area contributed by atoms with Gasteiger partial charge in [0.15, 0.2) is 5.79 Å². The Balaban J connectivity index is -0.00000180. The second-order valence-corrected chi connectivity index (χ2v) is 23.8. The Morgan fingerprint density at radius 3 is 0.777 bits per heavy atom. The summed E-state index contributed by atoms with van der Waals surface area (Å²) in [4.78, 5) is 85.3. The van der Waals surface area contributed by atoms with Crippen molar-refractivity contribution in [3.63, 3.8) is 0 Å². The smallest absolute Gasteiger partial charge is 0.333 e. The quantitative estimate of drug-likeness (QED) is 0.0142. The van der Waals surface area contributed by atoms with Crippen molar-refractivity contribution in [3.8, 4) is 0 Å². The van der Waals surface area contributed by atoms with Gasteiger partial charge in [-0.05, 0) is 102 Å². The van der Waals surface area contributed by atoms with E-state index < -0.39 is 69.1 Å². The molecule has 0 rings (SSSR count). The van der Waals surface area contributed by atoms with Gasteiger partial charge in [-0.25, -0.2) is 14.4 Å². The molecule has 27 nitrogen and oxygen atoms in total. The predicted octanol–water partition coefficient (Wildman–Crippen LogP) is 7.55. The lowest BCUT2D eigenvalue weighted by molar-refractivity contribution is -0.224. The molecule has 0 aromatic rings. The molecule has 0 fully saturated rings. The van der Waals surface area contributed by atoms with Crippen LogP contribution in [-0.2, 0) is 128 Å². The largest absolute Gasteiger partial charge is 0.463 e. The highest BCUT2D eigenvalue weighted by atomic mass is 16.7. The Morgan fingerprint density at radius 1 is 0.309 bits per heavy atom. The van der Waals surface area contributed by atoms with Gasteiger partial charge in [0.05, 0.1) is 147 Å². The van der Waals surface area contributed by atoms with E-state index in [9.17, 15) is 33.6 Å². The second-order valence-electron chi connectivity index (χ2n) is 23.8. The molecule has 0 radical (unpaired) electrons. The fourth-order valence-corrected chi connectivity index (χ4v) is 7.57. The van der Waals surface area contributed by atoms with Crippen molar-refractivity contribution < 1.29 is 128 Å². The van der Waals surface area contributed by atoms with Crippen molar-refractivity contribution in [3.05, 3.63) is 43.4 Å². The van der Waals surface area contributed by atoms with Crippen LogP contribution in [0.4, 0.5) is 0 Å². The molecule has 27 heteroatoms. The highest BCUT2D eigenvalue weighted by molar-refractivity contribution is 5.88. The number of hydrogen-bond acceptors (Lipinski definition) is 27. The summed E-state index contributed by atoms with van der Waals surface area (Å²) in [6, 6.07) is 0. The van der Waals surface area contributed by atoms with Gasteiger partial charge < -0.3 is 94.7 Å². The molecular formula is C67H119O27+. The van der Waals surface area contributed by atoms with E-state index in [4.69, 9.17) is 94.7 Å². The molecule has 2 unspecified atom stereocenters. The zero-order chi connectivity index (χ0) is 72.1. The summed E-state index contributed by atoms with van der Waals surface area (Å²) in [5, 5.41) is 0. The number of carbonyl (C=O) groups is 7. The highest BCUT2D eigenvalue weighted by Crippen LogP contribution is 2.40. The van der Waals surface area contributed by atoms with E-state index in [0.717, 1.165) is 0 Å². The van der Waals surface area contributed by atoms with Crippen molar-refractivity contribution in [2.24, 2.45) is 21.7 Å². The molecule has 2 atom stereocenters. The van der Waals surface area contributed by atoms with Gasteiger partial charge >= 0.3 is 47.6 Å². The first-order valence-electron chi connectivity index (χ1n) is 31.6. The molecule has 0 spiro atoms. The van der Waals surface area contributed by atoms with Gasteiger partial charge in [-0.2, -0.15) is 0 Å². The van der Waals surface area contributed by atoms with Crippen LogP contribution in [0.15, 0.2) is 36.5 Å². The molecule has 0 amide bonds. The maximum absolute atomic E-state index is 13.1. The standard InChI is InChI=1S/C41H76O16.C15H23O6.C11H20O5/c1-13-40(9,35(44)54-25-23-50-21-19-48-17-15-46-11)31-37(3,4)33(42)52-27-29-56-39(7,8)57-30-28-53-34(43)38(5,6)32-41(10,14-2)36(45)55-26-24-51-22-20-49-18-16-47-12;1-11(2)13(16)18-7-9-20-15(5,6)21-10-8-19-14(17)12(3)4;1-10(2)11(12)16-9-8-15-7-6-14-5-4-13-3/h13-32H2,1-12H3;1,3,5,7-10H2,2,4,6H3;1,4-9H2,2-3H3/q;+1;. The molecule has 0 saturated heterocycles. The molecule has 0 aliphatic carbocycles. The average molecular weight is 1360 g/mol. The molecule has 548 valence electrons. The number of hydrogen-bond donors (Lipinski definition) is 0. The molecule has 0 bridgehead atoms. The minimum Gasteiger partial charge on any atom is -0.463 e. The lowest BCUT2D eigenvalue weighted by atomic mass is 9.72. The van der Waals surface area contributed by atoms with Crippen LogP contribution in [0.25, 0.3) is 0 Å². The van der Waals surface area contributed by atoms with Crippen molar-refractivity contribution in [1.82, 2.24) is 0 Å². The Hall–Kier alpha value is -5.14. The molecule has 0 heterocycles. The first-order chi connectivity index (χ1) is 44.1. The number of carbonyl (C=O) groups excluding carboxylic acids is 7. The Bertz CT molecular complexity index is 2000. The first kappa shape index (κ1) is 93.0.